The Labute approximate surface area is 168 Å². The zero-order valence-corrected chi connectivity index (χ0v) is 16.7. The van der Waals surface area contributed by atoms with Gasteiger partial charge in [-0.3, -0.25) is 4.79 Å². The first-order valence-electron chi connectivity index (χ1n) is 9.22. The zero-order chi connectivity index (χ0) is 20.5. The molecule has 2 heterocycles. The molecule has 0 radical (unpaired) electrons. The maximum Gasteiger partial charge on any atom is 0.278 e. The molecule has 0 saturated heterocycles. The SMILES string of the molecule is COc1ccc(-c2cnn3c(C)c(C(=O)Nc4ccc(C)c(C)c4)nnc23)cc1. The highest BCUT2D eigenvalue weighted by Gasteiger charge is 2.18. The van der Waals surface area contributed by atoms with Crippen molar-refractivity contribution in [2.24, 2.45) is 0 Å². The summed E-state index contributed by atoms with van der Waals surface area (Å²) in [4.78, 5) is 12.8. The van der Waals surface area contributed by atoms with Gasteiger partial charge in [0.15, 0.2) is 11.3 Å². The summed E-state index contributed by atoms with van der Waals surface area (Å²) in [5.74, 6) is 0.458. The van der Waals surface area contributed by atoms with Crippen LogP contribution in [0.5, 0.6) is 5.75 Å². The third kappa shape index (κ3) is 3.42. The topological polar surface area (TPSA) is 81.4 Å². The number of rotatable bonds is 4. The van der Waals surface area contributed by atoms with E-state index < -0.39 is 0 Å². The molecule has 0 bridgehead atoms. The summed E-state index contributed by atoms with van der Waals surface area (Å²) in [6.45, 7) is 5.84. The smallest absolute Gasteiger partial charge is 0.278 e. The molecule has 0 spiro atoms. The number of nitrogens with zero attached hydrogens (tertiary/aromatic N) is 4. The van der Waals surface area contributed by atoms with E-state index in [0.29, 0.717) is 11.3 Å². The molecule has 0 aliphatic heterocycles. The number of anilines is 1. The summed E-state index contributed by atoms with van der Waals surface area (Å²) in [7, 11) is 1.63. The molecule has 29 heavy (non-hydrogen) atoms. The van der Waals surface area contributed by atoms with E-state index in [0.717, 1.165) is 28.1 Å². The number of methoxy groups -OCH3 is 1. The van der Waals surface area contributed by atoms with Gasteiger partial charge >= 0.3 is 0 Å². The van der Waals surface area contributed by atoms with Crippen LogP contribution in [0.2, 0.25) is 0 Å². The molecule has 146 valence electrons. The number of nitrogens with one attached hydrogen (secondary N) is 1. The van der Waals surface area contributed by atoms with Crippen molar-refractivity contribution in [2.75, 3.05) is 12.4 Å². The van der Waals surface area contributed by atoms with E-state index in [-0.39, 0.29) is 11.6 Å². The number of benzene rings is 2. The molecule has 0 saturated carbocycles. The first-order chi connectivity index (χ1) is 14.0. The summed E-state index contributed by atoms with van der Waals surface area (Å²) in [6, 6.07) is 13.4. The molecule has 1 N–H and O–H groups in total. The molecule has 2 aromatic heterocycles. The standard InChI is InChI=1S/C22H21N5O2/c1-13-5-8-17(11-14(13)2)24-22(28)20-15(3)27-21(26-25-20)19(12-23-27)16-6-9-18(29-4)10-7-16/h5-12H,1-4H3,(H,24,28). The Bertz CT molecular complexity index is 1210. The van der Waals surface area contributed by atoms with E-state index in [1.54, 1.807) is 17.8 Å². The number of aromatic nitrogens is 4. The quantitative estimate of drug-likeness (QED) is 0.573. The number of hydrogen-bond acceptors (Lipinski definition) is 5. The first-order valence-corrected chi connectivity index (χ1v) is 9.22. The molecular weight excluding hydrogens is 366 g/mol. The molecule has 2 aromatic carbocycles. The fraction of sp³-hybridized carbons (Fsp3) is 0.182. The fourth-order valence-corrected chi connectivity index (χ4v) is 3.15. The Morgan fingerprint density at radius 2 is 1.76 bits per heavy atom. The maximum absolute atomic E-state index is 12.8. The minimum Gasteiger partial charge on any atom is -0.497 e. The van der Waals surface area contributed by atoms with Gasteiger partial charge in [-0.1, -0.05) is 18.2 Å². The van der Waals surface area contributed by atoms with Gasteiger partial charge in [0, 0.05) is 11.3 Å². The predicted octanol–water partition coefficient (Wildman–Crippen LogP) is 3.98. The molecule has 7 nitrogen and oxygen atoms in total. The minimum absolute atomic E-state index is 0.236. The molecule has 0 atom stereocenters. The van der Waals surface area contributed by atoms with Gasteiger partial charge in [-0.15, -0.1) is 10.2 Å². The molecule has 7 heteroatoms. The summed E-state index contributed by atoms with van der Waals surface area (Å²) >= 11 is 0. The lowest BCUT2D eigenvalue weighted by molar-refractivity contribution is 0.102. The normalized spacial score (nSPS) is 10.9. The molecular formula is C22H21N5O2. The highest BCUT2D eigenvalue weighted by molar-refractivity contribution is 6.03. The number of hydrogen-bond donors (Lipinski definition) is 1. The first kappa shape index (κ1) is 18.6. The molecule has 0 aliphatic carbocycles. The number of fused-ring (bicyclic) bond motifs is 1. The Morgan fingerprint density at radius 1 is 1.00 bits per heavy atom. The lowest BCUT2D eigenvalue weighted by Crippen LogP contribution is -2.18. The second kappa shape index (κ2) is 7.35. The Morgan fingerprint density at radius 3 is 2.45 bits per heavy atom. The number of ether oxygens (including phenoxy) is 1. The van der Waals surface area contributed by atoms with Gasteiger partial charge in [0.05, 0.1) is 19.0 Å². The molecule has 1 amide bonds. The zero-order valence-electron chi connectivity index (χ0n) is 16.7. The van der Waals surface area contributed by atoms with E-state index in [1.165, 1.54) is 5.56 Å². The monoisotopic (exact) mass is 387 g/mol. The summed E-state index contributed by atoms with van der Waals surface area (Å²) in [6.07, 6.45) is 1.73. The predicted molar refractivity (Wildman–Crippen MR) is 111 cm³/mol. The van der Waals surface area contributed by atoms with Gasteiger partial charge in [0.2, 0.25) is 0 Å². The van der Waals surface area contributed by atoms with Crippen molar-refractivity contribution in [2.45, 2.75) is 20.8 Å². The average molecular weight is 387 g/mol. The van der Waals surface area contributed by atoms with Crippen molar-refractivity contribution in [1.29, 1.82) is 0 Å². The van der Waals surface area contributed by atoms with Gasteiger partial charge in [-0.05, 0) is 61.7 Å². The van der Waals surface area contributed by atoms with Gasteiger partial charge in [0.1, 0.15) is 5.75 Å². The highest BCUT2D eigenvalue weighted by atomic mass is 16.5. The molecule has 0 unspecified atom stereocenters. The maximum atomic E-state index is 12.8. The van der Waals surface area contributed by atoms with Crippen molar-refractivity contribution in [3.8, 4) is 16.9 Å². The van der Waals surface area contributed by atoms with Crippen LogP contribution in [0.3, 0.4) is 0 Å². The van der Waals surface area contributed by atoms with Gasteiger partial charge in [-0.25, -0.2) is 4.52 Å². The van der Waals surface area contributed by atoms with Gasteiger partial charge in [-0.2, -0.15) is 5.10 Å². The van der Waals surface area contributed by atoms with E-state index >= 15 is 0 Å². The van der Waals surface area contributed by atoms with Crippen LogP contribution in [0.1, 0.15) is 27.3 Å². The van der Waals surface area contributed by atoms with Gasteiger partial charge < -0.3 is 10.1 Å². The second-order valence-electron chi connectivity index (χ2n) is 6.91. The van der Waals surface area contributed by atoms with Crippen molar-refractivity contribution in [3.05, 3.63) is 71.2 Å². The summed E-state index contributed by atoms with van der Waals surface area (Å²) in [5.41, 5.74) is 6.23. The third-order valence-corrected chi connectivity index (χ3v) is 5.03. The minimum atomic E-state index is -0.318. The Hall–Kier alpha value is -3.74. The molecule has 0 fully saturated rings. The van der Waals surface area contributed by atoms with Crippen LogP contribution in [-0.4, -0.2) is 32.8 Å². The summed E-state index contributed by atoms with van der Waals surface area (Å²) in [5, 5.41) is 15.8. The van der Waals surface area contributed by atoms with Crippen LogP contribution in [0.25, 0.3) is 16.8 Å². The van der Waals surface area contributed by atoms with Crippen LogP contribution < -0.4 is 10.1 Å². The highest BCUT2D eigenvalue weighted by Crippen LogP contribution is 2.26. The average Bonchev–Trinajstić information content (AvgIpc) is 3.16. The van der Waals surface area contributed by atoms with E-state index in [2.05, 4.69) is 20.6 Å². The Balaban J connectivity index is 1.67. The lowest BCUT2D eigenvalue weighted by atomic mass is 10.1. The van der Waals surface area contributed by atoms with Crippen molar-refractivity contribution in [3.63, 3.8) is 0 Å². The lowest BCUT2D eigenvalue weighted by Gasteiger charge is -2.09. The molecule has 4 rings (SSSR count). The van der Waals surface area contributed by atoms with Crippen LogP contribution in [0, 0.1) is 20.8 Å². The number of aryl methyl sites for hydroxylation is 3. The van der Waals surface area contributed by atoms with Crippen molar-refractivity contribution < 1.29 is 9.53 Å². The number of carbonyl (C=O) groups excluding carboxylic acids is 1. The largest absolute Gasteiger partial charge is 0.497 e. The van der Waals surface area contributed by atoms with Crippen molar-refractivity contribution in [1.82, 2.24) is 19.8 Å². The number of carbonyl (C=O) groups is 1. The summed E-state index contributed by atoms with van der Waals surface area (Å²) < 4.78 is 6.85. The van der Waals surface area contributed by atoms with Crippen molar-refractivity contribution >= 4 is 17.2 Å². The van der Waals surface area contributed by atoms with Gasteiger partial charge in [0.25, 0.3) is 5.91 Å². The molecule has 4 aromatic rings. The van der Waals surface area contributed by atoms with Crippen LogP contribution >= 0.6 is 0 Å². The van der Waals surface area contributed by atoms with Crippen LogP contribution in [0.15, 0.2) is 48.7 Å². The fourth-order valence-electron chi connectivity index (χ4n) is 3.15. The van der Waals surface area contributed by atoms with E-state index in [9.17, 15) is 4.79 Å². The molecule has 0 aliphatic rings. The van der Waals surface area contributed by atoms with E-state index in [1.807, 2.05) is 63.2 Å². The number of amides is 1. The van der Waals surface area contributed by atoms with E-state index in [4.69, 9.17) is 4.74 Å². The van der Waals surface area contributed by atoms with Crippen LogP contribution in [-0.2, 0) is 0 Å². The third-order valence-electron chi connectivity index (χ3n) is 5.03. The second-order valence-corrected chi connectivity index (χ2v) is 6.91. The Kier molecular flexibility index (Phi) is 4.72. The van der Waals surface area contributed by atoms with Crippen LogP contribution in [0.4, 0.5) is 5.69 Å².